The number of rotatable bonds is 3. The van der Waals surface area contributed by atoms with Gasteiger partial charge in [-0.3, -0.25) is 4.79 Å². The first-order valence-corrected chi connectivity index (χ1v) is 7.99. The van der Waals surface area contributed by atoms with E-state index in [0.29, 0.717) is 22.9 Å². The lowest BCUT2D eigenvalue weighted by atomic mass is 10.0. The van der Waals surface area contributed by atoms with E-state index in [1.165, 1.54) is 7.11 Å². The molecule has 1 aromatic rings. The van der Waals surface area contributed by atoms with Crippen LogP contribution in [0.4, 0.5) is 0 Å². The van der Waals surface area contributed by atoms with E-state index in [1.54, 1.807) is 17.0 Å². The monoisotopic (exact) mass is 409 g/mol. The molecule has 0 saturated carbocycles. The van der Waals surface area contributed by atoms with Gasteiger partial charge in [-0.05, 0) is 54.0 Å². The normalized spacial score (nSPS) is 19.0. The second-order valence-electron chi connectivity index (χ2n) is 4.80. The summed E-state index contributed by atoms with van der Waals surface area (Å²) in [5, 5.41) is 9.96. The van der Waals surface area contributed by atoms with Gasteiger partial charge in [-0.15, -0.1) is 0 Å². The summed E-state index contributed by atoms with van der Waals surface area (Å²) in [5.74, 6) is 0.393. The van der Waals surface area contributed by atoms with Gasteiger partial charge in [0.25, 0.3) is 5.91 Å². The van der Waals surface area contributed by atoms with Gasteiger partial charge < -0.3 is 14.7 Å². The van der Waals surface area contributed by atoms with Crippen molar-refractivity contribution < 1.29 is 14.6 Å². The second kappa shape index (κ2) is 6.95. The van der Waals surface area contributed by atoms with Gasteiger partial charge in [0.1, 0.15) is 5.75 Å². The summed E-state index contributed by atoms with van der Waals surface area (Å²) in [6.07, 6.45) is 2.84. The molecule has 1 aliphatic heterocycles. The highest BCUT2D eigenvalue weighted by molar-refractivity contribution is 14.1. The van der Waals surface area contributed by atoms with E-state index < -0.39 is 0 Å². The highest BCUT2D eigenvalue weighted by atomic mass is 127. The van der Waals surface area contributed by atoms with Gasteiger partial charge in [0.15, 0.2) is 0 Å². The predicted molar refractivity (Wildman–Crippen MR) is 86.5 cm³/mol. The molecule has 2 rings (SSSR count). The Labute approximate surface area is 137 Å². The van der Waals surface area contributed by atoms with E-state index in [2.05, 4.69) is 22.6 Å². The van der Waals surface area contributed by atoms with Crippen LogP contribution in [0.3, 0.4) is 0 Å². The van der Waals surface area contributed by atoms with E-state index in [4.69, 9.17) is 16.3 Å². The quantitative estimate of drug-likeness (QED) is 0.781. The number of carbonyl (C=O) groups excluding carboxylic acids is 1. The number of hydrogen-bond acceptors (Lipinski definition) is 3. The van der Waals surface area contributed by atoms with Crippen LogP contribution < -0.4 is 4.74 Å². The summed E-state index contributed by atoms with van der Waals surface area (Å²) in [7, 11) is 1.54. The van der Waals surface area contributed by atoms with E-state index in [1.807, 2.05) is 0 Å². The summed E-state index contributed by atoms with van der Waals surface area (Å²) < 4.78 is 6.13. The molecule has 1 heterocycles. The number of nitrogens with zero attached hydrogens (tertiary/aromatic N) is 1. The third-order valence-corrected chi connectivity index (χ3v) is 5.10. The van der Waals surface area contributed by atoms with Gasteiger partial charge in [-0.25, -0.2) is 0 Å². The minimum Gasteiger partial charge on any atom is -0.496 e. The van der Waals surface area contributed by atoms with Crippen molar-refractivity contribution in [1.82, 2.24) is 4.90 Å². The maximum absolute atomic E-state index is 12.7. The fraction of sp³-hybridized carbons (Fsp3) is 0.500. The lowest BCUT2D eigenvalue weighted by molar-refractivity contribution is 0.0500. The highest BCUT2D eigenvalue weighted by Crippen LogP contribution is 2.30. The van der Waals surface area contributed by atoms with Gasteiger partial charge in [-0.1, -0.05) is 11.6 Å². The van der Waals surface area contributed by atoms with Crippen molar-refractivity contribution in [3.05, 3.63) is 26.3 Å². The van der Waals surface area contributed by atoms with Crippen molar-refractivity contribution in [2.45, 2.75) is 25.3 Å². The number of halogens is 2. The van der Waals surface area contributed by atoms with Crippen molar-refractivity contribution in [3.8, 4) is 5.75 Å². The molecule has 0 aliphatic carbocycles. The Morgan fingerprint density at radius 2 is 2.30 bits per heavy atom. The fourth-order valence-electron chi connectivity index (χ4n) is 2.48. The van der Waals surface area contributed by atoms with E-state index in [0.717, 1.165) is 22.8 Å². The molecule has 1 amide bonds. The number of amides is 1. The summed E-state index contributed by atoms with van der Waals surface area (Å²) in [5.41, 5.74) is 0.457. The van der Waals surface area contributed by atoms with Crippen LogP contribution >= 0.6 is 34.2 Å². The number of aliphatic hydroxyl groups excluding tert-OH is 1. The Kier molecular flexibility index (Phi) is 5.51. The second-order valence-corrected chi connectivity index (χ2v) is 6.37. The minimum atomic E-state index is -0.126. The molecule has 0 bridgehead atoms. The molecule has 0 aromatic heterocycles. The average Bonchev–Trinajstić information content (AvgIpc) is 2.48. The molecule has 110 valence electrons. The lowest BCUT2D eigenvalue weighted by Gasteiger charge is -2.35. The first-order chi connectivity index (χ1) is 9.58. The summed E-state index contributed by atoms with van der Waals surface area (Å²) in [4.78, 5) is 14.4. The third-order valence-electron chi connectivity index (χ3n) is 3.57. The van der Waals surface area contributed by atoms with Crippen LogP contribution in [-0.4, -0.2) is 42.2 Å². The van der Waals surface area contributed by atoms with Gasteiger partial charge >= 0.3 is 0 Å². The molecular formula is C14H17ClINO3. The molecule has 1 unspecified atom stereocenters. The largest absolute Gasteiger partial charge is 0.496 e. The highest BCUT2D eigenvalue weighted by Gasteiger charge is 2.29. The first kappa shape index (κ1) is 15.9. The van der Waals surface area contributed by atoms with Crippen molar-refractivity contribution in [2.24, 2.45) is 0 Å². The number of carbonyl (C=O) groups is 1. The molecule has 0 radical (unpaired) electrons. The Morgan fingerprint density at radius 3 is 2.95 bits per heavy atom. The fourth-order valence-corrected chi connectivity index (χ4v) is 3.08. The van der Waals surface area contributed by atoms with Crippen molar-refractivity contribution in [2.75, 3.05) is 20.3 Å². The van der Waals surface area contributed by atoms with Crippen LogP contribution in [0, 0.1) is 3.57 Å². The molecule has 6 heteroatoms. The summed E-state index contributed by atoms with van der Waals surface area (Å²) in [6.45, 7) is 0.656. The Hall–Kier alpha value is -0.530. The predicted octanol–water partition coefficient (Wildman–Crippen LogP) is 2.94. The molecule has 20 heavy (non-hydrogen) atoms. The van der Waals surface area contributed by atoms with Gasteiger partial charge in [0.05, 0.1) is 30.3 Å². The molecule has 0 spiro atoms. The standard InChI is InChI=1S/C14H17ClINO3/c1-20-13-7-12(16)11(15)6-10(13)14(19)17-5-3-2-4-9(17)8-18/h6-7,9,18H,2-5,8H2,1H3. The van der Waals surface area contributed by atoms with Gasteiger partial charge in [0, 0.05) is 10.1 Å². The van der Waals surface area contributed by atoms with Crippen LogP contribution in [0.1, 0.15) is 29.6 Å². The number of likely N-dealkylation sites (tertiary alicyclic amines) is 1. The van der Waals surface area contributed by atoms with Crippen LogP contribution in [0.2, 0.25) is 5.02 Å². The SMILES string of the molecule is COc1cc(I)c(Cl)cc1C(=O)N1CCCCC1CO. The molecular weight excluding hydrogens is 393 g/mol. The smallest absolute Gasteiger partial charge is 0.258 e. The number of ether oxygens (including phenoxy) is 1. The third kappa shape index (κ3) is 3.20. The van der Waals surface area contributed by atoms with Crippen molar-refractivity contribution in [3.63, 3.8) is 0 Å². The van der Waals surface area contributed by atoms with Crippen molar-refractivity contribution in [1.29, 1.82) is 0 Å². The molecule has 1 fully saturated rings. The van der Waals surface area contributed by atoms with E-state index >= 15 is 0 Å². The molecule has 1 aromatic carbocycles. The minimum absolute atomic E-state index is 0.00778. The first-order valence-electron chi connectivity index (χ1n) is 6.53. The maximum atomic E-state index is 12.7. The number of hydrogen-bond donors (Lipinski definition) is 1. The van der Waals surface area contributed by atoms with Crippen LogP contribution in [-0.2, 0) is 0 Å². The molecule has 1 N–H and O–H groups in total. The Bertz CT molecular complexity index is 509. The average molecular weight is 410 g/mol. The lowest BCUT2D eigenvalue weighted by Crippen LogP contribution is -2.45. The summed E-state index contributed by atoms with van der Waals surface area (Å²) in [6, 6.07) is 3.29. The summed E-state index contributed by atoms with van der Waals surface area (Å²) >= 11 is 8.22. The zero-order valence-electron chi connectivity index (χ0n) is 11.2. The molecule has 4 nitrogen and oxygen atoms in total. The van der Waals surface area contributed by atoms with Crippen molar-refractivity contribution >= 4 is 40.1 Å². The van der Waals surface area contributed by atoms with E-state index in [9.17, 15) is 9.90 Å². The van der Waals surface area contributed by atoms with Gasteiger partial charge in [-0.2, -0.15) is 0 Å². The number of piperidine rings is 1. The van der Waals surface area contributed by atoms with Crippen LogP contribution in [0.25, 0.3) is 0 Å². The number of methoxy groups -OCH3 is 1. The van der Waals surface area contributed by atoms with Gasteiger partial charge in [0.2, 0.25) is 0 Å². The number of aliphatic hydroxyl groups is 1. The number of benzene rings is 1. The van der Waals surface area contributed by atoms with E-state index in [-0.39, 0.29) is 18.6 Å². The zero-order chi connectivity index (χ0) is 14.7. The Balaban J connectivity index is 2.34. The molecule has 1 atom stereocenters. The molecule has 1 aliphatic rings. The van der Waals surface area contributed by atoms with Crippen LogP contribution in [0.5, 0.6) is 5.75 Å². The maximum Gasteiger partial charge on any atom is 0.258 e. The Morgan fingerprint density at radius 1 is 1.55 bits per heavy atom. The molecule has 1 saturated heterocycles. The topological polar surface area (TPSA) is 49.8 Å². The van der Waals surface area contributed by atoms with Crippen LogP contribution in [0.15, 0.2) is 12.1 Å². The zero-order valence-corrected chi connectivity index (χ0v) is 14.1.